The number of ether oxygens (including phenoxy) is 1. The topological polar surface area (TPSA) is 29.5 Å². The summed E-state index contributed by atoms with van der Waals surface area (Å²) in [5, 5.41) is 0. The van der Waals surface area contributed by atoms with Gasteiger partial charge in [-0.1, -0.05) is 42.5 Å². The Morgan fingerprint density at radius 2 is 1.72 bits per heavy atom. The third-order valence-corrected chi connectivity index (χ3v) is 6.08. The molecule has 2 aliphatic heterocycles. The van der Waals surface area contributed by atoms with E-state index in [1.165, 1.54) is 24.6 Å². The van der Waals surface area contributed by atoms with E-state index in [9.17, 15) is 18.0 Å². The Balaban J connectivity index is 1.52. The van der Waals surface area contributed by atoms with E-state index in [0.717, 1.165) is 12.6 Å². The molecule has 2 bridgehead atoms. The van der Waals surface area contributed by atoms with Crippen LogP contribution in [0.1, 0.15) is 39.9 Å². The van der Waals surface area contributed by atoms with Crippen molar-refractivity contribution >= 4 is 5.78 Å². The molecule has 0 spiro atoms. The highest BCUT2D eigenvalue weighted by Crippen LogP contribution is 2.36. The van der Waals surface area contributed by atoms with Crippen LogP contribution in [-0.2, 0) is 17.5 Å². The number of alkyl halides is 3. The van der Waals surface area contributed by atoms with Crippen molar-refractivity contribution in [2.75, 3.05) is 13.2 Å². The molecule has 2 aliphatic rings. The van der Waals surface area contributed by atoms with Crippen molar-refractivity contribution in [2.45, 2.75) is 44.6 Å². The molecule has 6 heteroatoms. The Morgan fingerprint density at radius 3 is 2.34 bits per heavy atom. The van der Waals surface area contributed by atoms with Gasteiger partial charge in [0.25, 0.3) is 0 Å². The molecule has 2 aromatic carbocycles. The number of Topliss-reactive ketones (excluding diaryl/α,β-unsaturated/α-hetero) is 1. The van der Waals surface area contributed by atoms with E-state index in [4.69, 9.17) is 4.74 Å². The predicted octanol–water partition coefficient (Wildman–Crippen LogP) is 4.88. The molecule has 2 heterocycles. The van der Waals surface area contributed by atoms with Crippen LogP contribution in [-0.4, -0.2) is 36.0 Å². The molecule has 2 unspecified atom stereocenters. The summed E-state index contributed by atoms with van der Waals surface area (Å²) in [6, 6.07) is 14.3. The highest BCUT2D eigenvalue weighted by atomic mass is 19.4. The maximum absolute atomic E-state index is 13.2. The molecule has 0 aliphatic carbocycles. The minimum Gasteiger partial charge on any atom is -0.378 e. The van der Waals surface area contributed by atoms with Gasteiger partial charge in [0.2, 0.25) is 0 Å². The molecule has 29 heavy (non-hydrogen) atoms. The predicted molar refractivity (Wildman–Crippen MR) is 104 cm³/mol. The van der Waals surface area contributed by atoms with Gasteiger partial charge in [-0.15, -0.1) is 0 Å². The zero-order chi connectivity index (χ0) is 20.6. The van der Waals surface area contributed by atoms with Crippen molar-refractivity contribution in [3.8, 4) is 0 Å². The van der Waals surface area contributed by atoms with Crippen LogP contribution in [0.5, 0.6) is 0 Å². The van der Waals surface area contributed by atoms with Crippen LogP contribution in [0.15, 0.2) is 48.5 Å². The fourth-order valence-corrected chi connectivity index (χ4v) is 4.57. The van der Waals surface area contributed by atoms with E-state index < -0.39 is 11.7 Å². The average Bonchev–Trinajstić information content (AvgIpc) is 2.67. The van der Waals surface area contributed by atoms with Crippen molar-refractivity contribution in [1.82, 2.24) is 4.90 Å². The molecule has 3 nitrogen and oxygen atoms in total. The van der Waals surface area contributed by atoms with Crippen LogP contribution in [0, 0.1) is 12.8 Å². The average molecular weight is 403 g/mol. The minimum atomic E-state index is -4.45. The maximum atomic E-state index is 13.2. The van der Waals surface area contributed by atoms with Crippen molar-refractivity contribution in [3.05, 3.63) is 70.8 Å². The summed E-state index contributed by atoms with van der Waals surface area (Å²) in [6.45, 7) is 3.31. The third kappa shape index (κ3) is 4.23. The summed E-state index contributed by atoms with van der Waals surface area (Å²) in [7, 11) is 0. The molecule has 0 aromatic heterocycles. The number of hydrogen-bond acceptors (Lipinski definition) is 3. The van der Waals surface area contributed by atoms with Gasteiger partial charge in [-0.3, -0.25) is 9.69 Å². The van der Waals surface area contributed by atoms with E-state index in [1.807, 2.05) is 18.2 Å². The smallest absolute Gasteiger partial charge is 0.378 e. The second-order valence-electron chi connectivity index (χ2n) is 8.06. The standard InChI is InChI=1S/C23H24F3NO2/c1-15-7-8-17(11-21(15)23(24,25)26)22(28)18-9-19-13-29-14-20(10-18)27(19)12-16-5-3-2-4-6-16/h2-8,11,18-20H,9-10,12-14H2,1H3. The Morgan fingerprint density at radius 1 is 1.07 bits per heavy atom. The Bertz CT molecular complexity index is 867. The second kappa shape index (κ2) is 7.92. The van der Waals surface area contributed by atoms with Crippen LogP contribution >= 0.6 is 0 Å². The third-order valence-electron chi connectivity index (χ3n) is 6.08. The van der Waals surface area contributed by atoms with Gasteiger partial charge >= 0.3 is 6.18 Å². The largest absolute Gasteiger partial charge is 0.416 e. The van der Waals surface area contributed by atoms with Gasteiger partial charge < -0.3 is 4.74 Å². The summed E-state index contributed by atoms with van der Waals surface area (Å²) in [6.07, 6.45) is -3.24. The lowest BCUT2D eigenvalue weighted by Crippen LogP contribution is -2.57. The van der Waals surface area contributed by atoms with Crippen LogP contribution in [0.25, 0.3) is 0 Å². The molecule has 154 valence electrons. The molecular weight excluding hydrogens is 379 g/mol. The number of morpholine rings is 1. The Labute approximate surface area is 168 Å². The summed E-state index contributed by atoms with van der Waals surface area (Å²) < 4.78 is 45.5. The van der Waals surface area contributed by atoms with Gasteiger partial charge in [0.15, 0.2) is 5.78 Å². The van der Waals surface area contributed by atoms with Gasteiger partial charge in [0.1, 0.15) is 0 Å². The molecule has 2 fully saturated rings. The van der Waals surface area contributed by atoms with Crippen LogP contribution in [0.4, 0.5) is 13.2 Å². The van der Waals surface area contributed by atoms with E-state index >= 15 is 0 Å². The Kier molecular flexibility index (Phi) is 5.49. The van der Waals surface area contributed by atoms with E-state index in [1.54, 1.807) is 0 Å². The van der Waals surface area contributed by atoms with E-state index in [-0.39, 0.29) is 34.9 Å². The highest BCUT2D eigenvalue weighted by molar-refractivity contribution is 5.98. The lowest BCUT2D eigenvalue weighted by Gasteiger charge is -2.48. The van der Waals surface area contributed by atoms with Crippen LogP contribution in [0.2, 0.25) is 0 Å². The number of rotatable bonds is 4. The van der Waals surface area contributed by atoms with Crippen molar-refractivity contribution in [2.24, 2.45) is 5.92 Å². The first-order valence-corrected chi connectivity index (χ1v) is 9.92. The molecule has 2 aromatic rings. The first-order valence-electron chi connectivity index (χ1n) is 9.92. The molecule has 4 rings (SSSR count). The first-order chi connectivity index (χ1) is 13.8. The zero-order valence-corrected chi connectivity index (χ0v) is 16.3. The van der Waals surface area contributed by atoms with E-state index in [2.05, 4.69) is 17.0 Å². The molecule has 0 N–H and O–H groups in total. The van der Waals surface area contributed by atoms with E-state index in [0.29, 0.717) is 26.1 Å². The summed E-state index contributed by atoms with van der Waals surface area (Å²) in [4.78, 5) is 15.4. The van der Waals surface area contributed by atoms with Crippen LogP contribution < -0.4 is 0 Å². The quantitative estimate of drug-likeness (QED) is 0.682. The molecule has 0 saturated carbocycles. The molecule has 0 amide bonds. The first kappa shape index (κ1) is 20.1. The van der Waals surface area contributed by atoms with Crippen molar-refractivity contribution < 1.29 is 22.7 Å². The van der Waals surface area contributed by atoms with Gasteiger partial charge in [-0.2, -0.15) is 13.2 Å². The monoisotopic (exact) mass is 403 g/mol. The van der Waals surface area contributed by atoms with Gasteiger partial charge in [-0.25, -0.2) is 0 Å². The molecular formula is C23H24F3NO2. The number of piperidine rings is 1. The number of ketones is 1. The highest BCUT2D eigenvalue weighted by Gasteiger charge is 2.42. The number of carbonyl (C=O) groups excluding carboxylic acids is 1. The summed E-state index contributed by atoms with van der Waals surface area (Å²) >= 11 is 0. The molecule has 2 saturated heterocycles. The summed E-state index contributed by atoms with van der Waals surface area (Å²) in [5.41, 5.74) is 0.774. The minimum absolute atomic E-state index is 0.101. The van der Waals surface area contributed by atoms with Gasteiger partial charge in [0.05, 0.1) is 18.8 Å². The fourth-order valence-electron chi connectivity index (χ4n) is 4.57. The lowest BCUT2D eigenvalue weighted by molar-refractivity contribution is -0.138. The lowest BCUT2D eigenvalue weighted by atomic mass is 9.80. The number of hydrogen-bond donors (Lipinski definition) is 0. The number of nitrogens with zero attached hydrogens (tertiary/aromatic N) is 1. The summed E-state index contributed by atoms with van der Waals surface area (Å²) in [5.74, 6) is -0.462. The van der Waals surface area contributed by atoms with Crippen molar-refractivity contribution in [1.29, 1.82) is 0 Å². The van der Waals surface area contributed by atoms with Crippen molar-refractivity contribution in [3.63, 3.8) is 0 Å². The normalized spacial score (nSPS) is 25.0. The van der Waals surface area contributed by atoms with Gasteiger partial charge in [-0.05, 0) is 37.0 Å². The zero-order valence-electron chi connectivity index (χ0n) is 16.3. The molecule has 2 atom stereocenters. The number of aryl methyl sites for hydroxylation is 1. The number of benzene rings is 2. The number of halogens is 3. The molecule has 0 radical (unpaired) electrons. The fraction of sp³-hybridized carbons (Fsp3) is 0.435. The SMILES string of the molecule is Cc1ccc(C(=O)C2CC3COCC(C2)N3Cc2ccccc2)cc1C(F)(F)F. The number of fused-ring (bicyclic) bond motifs is 2. The van der Waals surface area contributed by atoms with Crippen LogP contribution in [0.3, 0.4) is 0 Å². The Hall–Kier alpha value is -2.18. The maximum Gasteiger partial charge on any atom is 0.416 e. The second-order valence-corrected chi connectivity index (χ2v) is 8.06. The van der Waals surface area contributed by atoms with Gasteiger partial charge in [0, 0.05) is 30.1 Å². The number of carbonyl (C=O) groups is 1.